The van der Waals surface area contributed by atoms with Crippen molar-refractivity contribution in [2.24, 2.45) is 0 Å². The number of ether oxygens (including phenoxy) is 1. The van der Waals surface area contributed by atoms with Crippen LogP contribution in [0.4, 0.5) is 0 Å². The van der Waals surface area contributed by atoms with Gasteiger partial charge in [-0.15, -0.1) is 9.89 Å². The number of aromatic nitrogens is 4. The summed E-state index contributed by atoms with van der Waals surface area (Å²) in [5.41, 5.74) is 1.02. The van der Waals surface area contributed by atoms with Gasteiger partial charge in [0.2, 0.25) is 5.82 Å². The minimum atomic E-state index is 0.714. The van der Waals surface area contributed by atoms with E-state index in [1.807, 2.05) is 24.3 Å². The largest absolute Gasteiger partial charge is 0.378 e. The number of benzene rings is 1. The van der Waals surface area contributed by atoms with Gasteiger partial charge in [-0.3, -0.25) is 5.01 Å². The van der Waals surface area contributed by atoms with Crippen molar-refractivity contribution in [1.29, 1.82) is 0 Å². The topological polar surface area (TPSA) is 56.1 Å². The molecule has 0 spiro atoms. The number of morpholine rings is 1. The van der Waals surface area contributed by atoms with Crippen molar-refractivity contribution in [3.63, 3.8) is 0 Å². The van der Waals surface area contributed by atoms with Gasteiger partial charge < -0.3 is 4.74 Å². The van der Waals surface area contributed by atoms with E-state index in [1.54, 1.807) is 4.79 Å². The van der Waals surface area contributed by atoms with E-state index in [9.17, 15) is 0 Å². The molecule has 1 aromatic heterocycles. The average Bonchev–Trinajstić information content (AvgIpc) is 2.90. The fourth-order valence-electron chi connectivity index (χ4n) is 1.89. The zero-order chi connectivity index (χ0) is 12.4. The van der Waals surface area contributed by atoms with Gasteiger partial charge in [0.05, 0.1) is 26.3 Å². The highest BCUT2D eigenvalue weighted by atomic mass is 127. The summed E-state index contributed by atoms with van der Waals surface area (Å²) < 4.78 is 6.53. The van der Waals surface area contributed by atoms with Gasteiger partial charge in [-0.05, 0) is 45.2 Å². The molecule has 0 saturated carbocycles. The van der Waals surface area contributed by atoms with Crippen LogP contribution in [0.1, 0.15) is 0 Å². The summed E-state index contributed by atoms with van der Waals surface area (Å²) in [7, 11) is 0. The number of hydrogen-bond donors (Lipinski definition) is 0. The van der Waals surface area contributed by atoms with Gasteiger partial charge in [-0.25, -0.2) is 0 Å². The van der Waals surface area contributed by atoms with Crippen LogP contribution in [0.3, 0.4) is 0 Å². The molecule has 1 aliphatic rings. The lowest BCUT2D eigenvalue weighted by molar-refractivity contribution is 0.109. The minimum Gasteiger partial charge on any atom is -0.378 e. The molecule has 1 fully saturated rings. The predicted octanol–water partition coefficient (Wildman–Crippen LogP) is 0.913. The molecule has 1 aliphatic heterocycles. The van der Waals surface area contributed by atoms with E-state index in [4.69, 9.17) is 4.74 Å². The maximum atomic E-state index is 5.33. The number of hydrogen-bond acceptors (Lipinski definition) is 5. The third kappa shape index (κ3) is 2.32. The molecule has 18 heavy (non-hydrogen) atoms. The summed E-state index contributed by atoms with van der Waals surface area (Å²) in [5.74, 6) is 0.772. The summed E-state index contributed by atoms with van der Waals surface area (Å²) >= 11 is 2.28. The van der Waals surface area contributed by atoms with Crippen LogP contribution in [0, 0.1) is 3.57 Å². The van der Waals surface area contributed by atoms with Crippen LogP contribution in [0.5, 0.6) is 0 Å². The Kier molecular flexibility index (Phi) is 3.41. The highest BCUT2D eigenvalue weighted by Crippen LogP contribution is 2.17. The van der Waals surface area contributed by atoms with E-state index in [0.29, 0.717) is 13.2 Å². The van der Waals surface area contributed by atoms with E-state index in [2.05, 4.69) is 43.1 Å². The number of nitrogens with zero attached hydrogens (tertiary/aromatic N) is 5. The van der Waals surface area contributed by atoms with Crippen molar-refractivity contribution in [3.8, 4) is 11.4 Å². The predicted molar refractivity (Wildman–Crippen MR) is 74.7 cm³/mol. The van der Waals surface area contributed by atoms with E-state index in [1.165, 1.54) is 3.57 Å². The summed E-state index contributed by atoms with van der Waals surface area (Å²) in [4.78, 5) is 1.77. The first-order valence-electron chi connectivity index (χ1n) is 5.72. The first-order chi connectivity index (χ1) is 8.84. The lowest BCUT2D eigenvalue weighted by atomic mass is 10.2. The molecule has 0 radical (unpaired) electrons. The highest BCUT2D eigenvalue weighted by Gasteiger charge is 2.17. The Morgan fingerprint density at radius 3 is 2.56 bits per heavy atom. The van der Waals surface area contributed by atoms with Crippen molar-refractivity contribution in [2.45, 2.75) is 0 Å². The van der Waals surface area contributed by atoms with Crippen LogP contribution in [-0.4, -0.2) is 46.6 Å². The van der Waals surface area contributed by atoms with Crippen molar-refractivity contribution in [3.05, 3.63) is 27.8 Å². The van der Waals surface area contributed by atoms with Gasteiger partial charge >= 0.3 is 0 Å². The van der Waals surface area contributed by atoms with E-state index >= 15 is 0 Å². The first kappa shape index (κ1) is 11.8. The molecule has 6 nitrogen and oxygen atoms in total. The standard InChI is InChI=1S/C11H12IN5O/c12-10-3-1-9(2-4-10)11-13-14-15-17(11)16-5-7-18-8-6-16/h1-4H,5-8H2. The molecule has 7 heteroatoms. The van der Waals surface area contributed by atoms with Crippen LogP contribution in [-0.2, 0) is 4.74 Å². The zero-order valence-electron chi connectivity index (χ0n) is 9.66. The number of rotatable bonds is 2. The van der Waals surface area contributed by atoms with Gasteiger partial charge in [0.15, 0.2) is 0 Å². The highest BCUT2D eigenvalue weighted by molar-refractivity contribution is 14.1. The zero-order valence-corrected chi connectivity index (χ0v) is 11.8. The Balaban J connectivity index is 1.93. The Bertz CT molecular complexity index is 520. The van der Waals surface area contributed by atoms with E-state index in [0.717, 1.165) is 24.5 Å². The second kappa shape index (κ2) is 5.19. The molecule has 0 amide bonds. The molecular formula is C11H12IN5O. The molecule has 0 N–H and O–H groups in total. The molecule has 94 valence electrons. The normalized spacial score (nSPS) is 15.9. The first-order valence-corrected chi connectivity index (χ1v) is 6.80. The minimum absolute atomic E-state index is 0.714. The Morgan fingerprint density at radius 2 is 1.83 bits per heavy atom. The second-order valence-corrected chi connectivity index (χ2v) is 5.21. The van der Waals surface area contributed by atoms with Gasteiger partial charge in [0, 0.05) is 9.13 Å². The summed E-state index contributed by atoms with van der Waals surface area (Å²) in [5, 5.41) is 14.0. The Labute approximate surface area is 118 Å². The molecule has 2 aromatic rings. The summed E-state index contributed by atoms with van der Waals surface area (Å²) in [6.45, 7) is 3.04. The fraction of sp³-hybridized carbons (Fsp3) is 0.364. The summed E-state index contributed by atoms with van der Waals surface area (Å²) in [6.07, 6.45) is 0. The van der Waals surface area contributed by atoms with E-state index < -0.39 is 0 Å². The molecule has 2 heterocycles. The quantitative estimate of drug-likeness (QED) is 0.748. The maximum Gasteiger partial charge on any atom is 0.204 e. The van der Waals surface area contributed by atoms with Gasteiger partial charge in [-0.2, -0.15) is 0 Å². The van der Waals surface area contributed by atoms with Crippen LogP contribution < -0.4 is 5.01 Å². The van der Waals surface area contributed by atoms with Crippen molar-refractivity contribution >= 4 is 22.6 Å². The third-order valence-electron chi connectivity index (χ3n) is 2.81. The van der Waals surface area contributed by atoms with Gasteiger partial charge in [0.25, 0.3) is 0 Å². The molecule has 0 bridgehead atoms. The number of halogens is 1. The van der Waals surface area contributed by atoms with Crippen LogP contribution in [0.2, 0.25) is 0 Å². The van der Waals surface area contributed by atoms with Crippen molar-refractivity contribution in [1.82, 2.24) is 20.3 Å². The second-order valence-electron chi connectivity index (χ2n) is 3.96. The van der Waals surface area contributed by atoms with Crippen LogP contribution in [0.25, 0.3) is 11.4 Å². The van der Waals surface area contributed by atoms with E-state index in [-0.39, 0.29) is 0 Å². The third-order valence-corrected chi connectivity index (χ3v) is 3.53. The Morgan fingerprint density at radius 1 is 1.11 bits per heavy atom. The molecule has 3 rings (SSSR count). The molecular weight excluding hydrogens is 345 g/mol. The fourth-order valence-corrected chi connectivity index (χ4v) is 2.25. The smallest absolute Gasteiger partial charge is 0.204 e. The summed E-state index contributed by atoms with van der Waals surface area (Å²) in [6, 6.07) is 8.16. The van der Waals surface area contributed by atoms with Crippen molar-refractivity contribution in [2.75, 3.05) is 31.3 Å². The molecule has 1 aromatic carbocycles. The number of tetrazole rings is 1. The average molecular weight is 357 g/mol. The molecule has 0 atom stereocenters. The van der Waals surface area contributed by atoms with Crippen molar-refractivity contribution < 1.29 is 4.74 Å². The van der Waals surface area contributed by atoms with Gasteiger partial charge in [-0.1, -0.05) is 12.1 Å². The lowest BCUT2D eigenvalue weighted by Gasteiger charge is -2.28. The Hall–Kier alpha value is -1.22. The SMILES string of the molecule is Ic1ccc(-c2nnnn2N2CCOCC2)cc1. The van der Waals surface area contributed by atoms with Crippen LogP contribution >= 0.6 is 22.6 Å². The molecule has 0 aliphatic carbocycles. The molecule has 1 saturated heterocycles. The van der Waals surface area contributed by atoms with Gasteiger partial charge in [0.1, 0.15) is 0 Å². The van der Waals surface area contributed by atoms with Crippen LogP contribution in [0.15, 0.2) is 24.3 Å². The molecule has 0 unspecified atom stereocenters. The lowest BCUT2D eigenvalue weighted by Crippen LogP contribution is -2.45. The maximum absolute atomic E-state index is 5.33. The monoisotopic (exact) mass is 357 g/mol.